The third-order valence-corrected chi connectivity index (χ3v) is 3.14. The van der Waals surface area contributed by atoms with Gasteiger partial charge in [-0.3, -0.25) is 4.90 Å². The second kappa shape index (κ2) is 3.41. The van der Waals surface area contributed by atoms with Crippen molar-refractivity contribution >= 4 is 6.29 Å². The van der Waals surface area contributed by atoms with Gasteiger partial charge < -0.3 is 4.79 Å². The van der Waals surface area contributed by atoms with Crippen LogP contribution in [0.15, 0.2) is 0 Å². The summed E-state index contributed by atoms with van der Waals surface area (Å²) >= 11 is 0. The second-order valence-corrected chi connectivity index (χ2v) is 5.43. The number of rotatable bonds is 1. The summed E-state index contributed by atoms with van der Waals surface area (Å²) in [6, 6.07) is 0. The van der Waals surface area contributed by atoms with E-state index in [1.54, 1.807) is 0 Å². The number of hydrogen-bond donors (Lipinski definition) is 0. The highest BCUT2D eigenvalue weighted by Crippen LogP contribution is 2.31. The Morgan fingerprint density at radius 3 is 2.00 bits per heavy atom. The molecule has 2 heteroatoms. The van der Waals surface area contributed by atoms with E-state index in [9.17, 15) is 4.79 Å². The molecule has 0 aromatic heterocycles. The Kier molecular flexibility index (Phi) is 2.81. The van der Waals surface area contributed by atoms with Crippen molar-refractivity contribution in [1.29, 1.82) is 0 Å². The van der Waals surface area contributed by atoms with E-state index in [-0.39, 0.29) is 11.0 Å². The van der Waals surface area contributed by atoms with Gasteiger partial charge >= 0.3 is 0 Å². The van der Waals surface area contributed by atoms with Gasteiger partial charge in [0, 0.05) is 11.0 Å². The van der Waals surface area contributed by atoms with E-state index in [0.717, 1.165) is 32.2 Å². The predicted molar refractivity (Wildman–Crippen MR) is 54.7 cm³/mol. The zero-order chi connectivity index (χ0) is 10.1. The van der Waals surface area contributed by atoms with E-state index in [1.807, 2.05) is 0 Å². The maximum Gasteiger partial charge on any atom is 0.125 e. The van der Waals surface area contributed by atoms with Gasteiger partial charge in [0.05, 0.1) is 0 Å². The molecule has 1 aliphatic rings. The summed E-state index contributed by atoms with van der Waals surface area (Å²) < 4.78 is 0. The van der Waals surface area contributed by atoms with Crippen molar-refractivity contribution in [3.8, 4) is 0 Å². The van der Waals surface area contributed by atoms with E-state index >= 15 is 0 Å². The number of carbonyl (C=O) groups excluding carboxylic acids is 1. The minimum absolute atomic E-state index is 0.0538. The molecule has 1 fully saturated rings. The molecule has 0 bridgehead atoms. The first-order valence-corrected chi connectivity index (χ1v) is 5.09. The number of carbonyl (C=O) groups is 1. The summed E-state index contributed by atoms with van der Waals surface area (Å²) in [4.78, 5) is 13.3. The molecule has 0 aromatic carbocycles. The van der Waals surface area contributed by atoms with Crippen LogP contribution < -0.4 is 0 Å². The van der Waals surface area contributed by atoms with Crippen LogP contribution >= 0.6 is 0 Å². The van der Waals surface area contributed by atoms with Crippen LogP contribution in [0.5, 0.6) is 0 Å². The Morgan fingerprint density at radius 1 is 1.23 bits per heavy atom. The van der Waals surface area contributed by atoms with Crippen molar-refractivity contribution < 1.29 is 4.79 Å². The van der Waals surface area contributed by atoms with Gasteiger partial charge in [-0.2, -0.15) is 0 Å². The van der Waals surface area contributed by atoms with Crippen LogP contribution in [0.2, 0.25) is 0 Å². The number of nitrogens with zero attached hydrogens (tertiary/aromatic N) is 1. The summed E-state index contributed by atoms with van der Waals surface area (Å²) in [5, 5.41) is 0. The van der Waals surface area contributed by atoms with Gasteiger partial charge in [-0.25, -0.2) is 0 Å². The van der Waals surface area contributed by atoms with E-state index in [0.29, 0.717) is 0 Å². The topological polar surface area (TPSA) is 20.3 Å². The molecule has 0 atom stereocenters. The number of likely N-dealkylation sites (tertiary alicyclic amines) is 1. The number of piperidine rings is 1. The molecule has 0 spiro atoms. The van der Waals surface area contributed by atoms with Crippen molar-refractivity contribution in [1.82, 2.24) is 4.90 Å². The lowest BCUT2D eigenvalue weighted by molar-refractivity contribution is -0.118. The first-order valence-electron chi connectivity index (χ1n) is 5.09. The van der Waals surface area contributed by atoms with E-state index in [4.69, 9.17) is 0 Å². The van der Waals surface area contributed by atoms with Crippen LogP contribution in [0.1, 0.15) is 40.5 Å². The molecule has 76 valence electrons. The minimum atomic E-state index is -0.0538. The van der Waals surface area contributed by atoms with Crippen molar-refractivity contribution in [2.45, 2.75) is 46.1 Å². The van der Waals surface area contributed by atoms with Crippen molar-refractivity contribution in [2.75, 3.05) is 13.1 Å². The molecule has 1 saturated heterocycles. The SMILES string of the molecule is CC1(C=O)CCN(C(C)(C)C)CC1. The average molecular weight is 183 g/mol. The van der Waals surface area contributed by atoms with Crippen LogP contribution in [0.4, 0.5) is 0 Å². The first kappa shape index (κ1) is 10.7. The van der Waals surface area contributed by atoms with Gasteiger partial charge in [0.2, 0.25) is 0 Å². The molecular formula is C11H21NO. The molecule has 1 heterocycles. The Labute approximate surface area is 81.3 Å². The monoisotopic (exact) mass is 183 g/mol. The molecule has 0 aliphatic carbocycles. The molecule has 0 N–H and O–H groups in total. The molecule has 1 aliphatic heterocycles. The first-order chi connectivity index (χ1) is 5.87. The van der Waals surface area contributed by atoms with Crippen molar-refractivity contribution in [3.63, 3.8) is 0 Å². The summed E-state index contributed by atoms with van der Waals surface area (Å²) in [6.45, 7) is 10.9. The fraction of sp³-hybridized carbons (Fsp3) is 0.909. The maximum absolute atomic E-state index is 10.8. The summed E-state index contributed by atoms with van der Waals surface area (Å²) in [6.07, 6.45) is 3.15. The molecular weight excluding hydrogens is 162 g/mol. The second-order valence-electron chi connectivity index (χ2n) is 5.43. The number of aldehydes is 1. The quantitative estimate of drug-likeness (QED) is 0.580. The lowest BCUT2D eigenvalue weighted by Gasteiger charge is -2.43. The smallest absolute Gasteiger partial charge is 0.125 e. The Morgan fingerprint density at radius 2 is 1.69 bits per heavy atom. The Hall–Kier alpha value is -0.370. The molecule has 0 aromatic rings. The Bertz CT molecular complexity index is 185. The zero-order valence-corrected chi connectivity index (χ0v) is 9.26. The van der Waals surface area contributed by atoms with Gasteiger partial charge in [0.15, 0.2) is 0 Å². The summed E-state index contributed by atoms with van der Waals surface area (Å²) in [5.41, 5.74) is 0.200. The molecule has 2 nitrogen and oxygen atoms in total. The van der Waals surface area contributed by atoms with Gasteiger partial charge in [0.1, 0.15) is 6.29 Å². The minimum Gasteiger partial charge on any atom is -0.303 e. The van der Waals surface area contributed by atoms with E-state index < -0.39 is 0 Å². The number of hydrogen-bond acceptors (Lipinski definition) is 2. The highest BCUT2D eigenvalue weighted by atomic mass is 16.1. The third kappa shape index (κ3) is 2.53. The third-order valence-electron chi connectivity index (χ3n) is 3.14. The maximum atomic E-state index is 10.8. The molecule has 1 rings (SSSR count). The predicted octanol–water partition coefficient (Wildman–Crippen LogP) is 2.09. The van der Waals surface area contributed by atoms with E-state index in [1.165, 1.54) is 0 Å². The molecule has 0 unspecified atom stereocenters. The molecule has 0 radical (unpaired) electrons. The largest absolute Gasteiger partial charge is 0.303 e. The van der Waals surface area contributed by atoms with Crippen LogP contribution in [0.3, 0.4) is 0 Å². The van der Waals surface area contributed by atoms with Crippen LogP contribution in [0.25, 0.3) is 0 Å². The highest BCUT2D eigenvalue weighted by molar-refractivity contribution is 5.58. The van der Waals surface area contributed by atoms with Gasteiger partial charge in [-0.05, 0) is 46.7 Å². The zero-order valence-electron chi connectivity index (χ0n) is 9.26. The lowest BCUT2D eigenvalue weighted by Crippen LogP contribution is -2.48. The Balaban J connectivity index is 2.53. The van der Waals surface area contributed by atoms with Gasteiger partial charge in [-0.1, -0.05) is 6.92 Å². The molecule has 0 saturated carbocycles. The standard InChI is InChI=1S/C11H21NO/c1-10(2,3)12-7-5-11(4,9-13)6-8-12/h9H,5-8H2,1-4H3. The summed E-state index contributed by atoms with van der Waals surface area (Å²) in [7, 11) is 0. The lowest BCUT2D eigenvalue weighted by atomic mass is 9.81. The average Bonchev–Trinajstić information content (AvgIpc) is 2.04. The van der Waals surface area contributed by atoms with Crippen LogP contribution in [0, 0.1) is 5.41 Å². The fourth-order valence-electron chi connectivity index (χ4n) is 1.81. The van der Waals surface area contributed by atoms with Gasteiger partial charge in [-0.15, -0.1) is 0 Å². The molecule has 13 heavy (non-hydrogen) atoms. The van der Waals surface area contributed by atoms with Crippen molar-refractivity contribution in [2.24, 2.45) is 5.41 Å². The highest BCUT2D eigenvalue weighted by Gasteiger charge is 2.33. The normalized spacial score (nSPS) is 24.3. The van der Waals surface area contributed by atoms with Gasteiger partial charge in [0.25, 0.3) is 0 Å². The van der Waals surface area contributed by atoms with Crippen molar-refractivity contribution in [3.05, 3.63) is 0 Å². The van der Waals surface area contributed by atoms with Crippen LogP contribution in [-0.2, 0) is 4.79 Å². The fourth-order valence-corrected chi connectivity index (χ4v) is 1.81. The summed E-state index contributed by atoms with van der Waals surface area (Å²) in [5.74, 6) is 0. The van der Waals surface area contributed by atoms with Crippen LogP contribution in [-0.4, -0.2) is 29.8 Å². The van der Waals surface area contributed by atoms with E-state index in [2.05, 4.69) is 32.6 Å². The molecule has 0 amide bonds.